The molecular weight excluding hydrogens is 313 g/mol. The maximum atomic E-state index is 6.00. The maximum absolute atomic E-state index is 6.00. The zero-order valence-electron chi connectivity index (χ0n) is 10.7. The first-order valence-electron chi connectivity index (χ1n) is 6.47. The van der Waals surface area contributed by atoms with Crippen LogP contribution in [0.5, 0.6) is 0 Å². The number of aromatic nitrogens is 2. The molecule has 6 heteroatoms. The largest absolute Gasteiger partial charge is 0.331 e. The van der Waals surface area contributed by atoms with Gasteiger partial charge in [0, 0.05) is 11.4 Å². The molecule has 1 heterocycles. The fourth-order valence-corrected chi connectivity index (χ4v) is 2.99. The number of thiocarbonyl (C=S) groups is 1. The summed E-state index contributed by atoms with van der Waals surface area (Å²) in [6.07, 6.45) is 6.44. The number of nitrogens with one attached hydrogen (secondary N) is 1. The molecule has 20 heavy (non-hydrogen) atoms. The molecule has 0 spiro atoms. The lowest BCUT2D eigenvalue weighted by atomic mass is 9.98. The van der Waals surface area contributed by atoms with Gasteiger partial charge in [0.05, 0.1) is 16.2 Å². The summed E-state index contributed by atoms with van der Waals surface area (Å²) in [7, 11) is 0. The lowest BCUT2D eigenvalue weighted by Gasteiger charge is -2.15. The van der Waals surface area contributed by atoms with Crippen LogP contribution < -0.4 is 5.32 Å². The van der Waals surface area contributed by atoms with Crippen LogP contribution in [-0.2, 0) is 12.8 Å². The van der Waals surface area contributed by atoms with Gasteiger partial charge in [0.25, 0.3) is 0 Å². The molecule has 0 bridgehead atoms. The molecule has 0 atom stereocenters. The first-order valence-corrected chi connectivity index (χ1v) is 7.64. The van der Waals surface area contributed by atoms with Crippen molar-refractivity contribution < 1.29 is 0 Å². The summed E-state index contributed by atoms with van der Waals surface area (Å²) in [6.45, 7) is 0. The fourth-order valence-electron chi connectivity index (χ4n) is 2.42. The summed E-state index contributed by atoms with van der Waals surface area (Å²) in [6, 6.07) is 5.34. The van der Waals surface area contributed by atoms with Crippen molar-refractivity contribution in [1.82, 2.24) is 9.78 Å². The Hall–Kier alpha value is -1.10. The summed E-state index contributed by atoms with van der Waals surface area (Å²) < 4.78 is 1.81. The number of rotatable bonds is 1. The monoisotopic (exact) mass is 325 g/mol. The molecule has 1 aliphatic rings. The Labute approximate surface area is 132 Å². The van der Waals surface area contributed by atoms with Crippen molar-refractivity contribution in [1.29, 1.82) is 0 Å². The van der Waals surface area contributed by atoms with E-state index < -0.39 is 0 Å². The van der Waals surface area contributed by atoms with Gasteiger partial charge in [0.1, 0.15) is 0 Å². The number of anilines is 1. The predicted octanol–water partition coefficient (Wildman–Crippen LogP) is 4.31. The Kier molecular flexibility index (Phi) is 3.96. The van der Waals surface area contributed by atoms with E-state index in [0.29, 0.717) is 15.2 Å². The molecule has 104 valence electrons. The molecule has 0 radical (unpaired) electrons. The molecular formula is C14H13Cl2N3S. The van der Waals surface area contributed by atoms with E-state index in [1.807, 2.05) is 16.9 Å². The molecule has 0 aliphatic heterocycles. The third-order valence-electron chi connectivity index (χ3n) is 3.43. The standard InChI is InChI=1S/C14H13Cl2N3S/c15-11-6-5-10(7-12(11)16)18-14(20)19-13-4-2-1-3-9(13)8-17-19/h5-8H,1-4H2,(H,18,20). The van der Waals surface area contributed by atoms with Gasteiger partial charge in [-0.15, -0.1) is 0 Å². The van der Waals surface area contributed by atoms with Crippen LogP contribution in [0.1, 0.15) is 24.1 Å². The Bertz CT molecular complexity index is 666. The van der Waals surface area contributed by atoms with Crippen LogP contribution in [0.15, 0.2) is 24.4 Å². The zero-order valence-corrected chi connectivity index (χ0v) is 13.0. The Morgan fingerprint density at radius 1 is 1.20 bits per heavy atom. The molecule has 0 saturated carbocycles. The number of hydrogen-bond acceptors (Lipinski definition) is 2. The van der Waals surface area contributed by atoms with E-state index >= 15 is 0 Å². The molecule has 1 N–H and O–H groups in total. The highest BCUT2D eigenvalue weighted by atomic mass is 35.5. The van der Waals surface area contributed by atoms with Gasteiger partial charge in [-0.3, -0.25) is 0 Å². The normalized spacial score (nSPS) is 13.9. The lowest BCUT2D eigenvalue weighted by Crippen LogP contribution is -2.23. The average Bonchev–Trinajstić information content (AvgIpc) is 2.87. The molecule has 3 rings (SSSR count). The van der Waals surface area contributed by atoms with Crippen molar-refractivity contribution in [3.8, 4) is 0 Å². The quantitative estimate of drug-likeness (QED) is 0.792. The molecule has 0 saturated heterocycles. The third kappa shape index (κ3) is 2.68. The molecule has 1 aromatic carbocycles. The number of halogens is 2. The number of aryl methyl sites for hydroxylation is 1. The second-order valence-corrected chi connectivity index (χ2v) is 6.00. The fraction of sp³-hybridized carbons (Fsp3) is 0.286. The number of nitrogens with zero attached hydrogens (tertiary/aromatic N) is 2. The summed E-state index contributed by atoms with van der Waals surface area (Å²) in [5.41, 5.74) is 3.33. The third-order valence-corrected chi connectivity index (χ3v) is 4.44. The van der Waals surface area contributed by atoms with Crippen LogP contribution in [0.2, 0.25) is 10.0 Å². The zero-order chi connectivity index (χ0) is 14.1. The van der Waals surface area contributed by atoms with E-state index in [1.54, 1.807) is 12.1 Å². The Morgan fingerprint density at radius 2 is 2.00 bits per heavy atom. The smallest absolute Gasteiger partial charge is 0.198 e. The molecule has 0 amide bonds. The number of hydrogen-bond donors (Lipinski definition) is 1. The van der Waals surface area contributed by atoms with E-state index in [2.05, 4.69) is 10.4 Å². The van der Waals surface area contributed by atoms with Gasteiger partial charge in [-0.1, -0.05) is 23.2 Å². The minimum Gasteiger partial charge on any atom is -0.331 e. The second-order valence-electron chi connectivity index (χ2n) is 4.79. The van der Waals surface area contributed by atoms with Crippen LogP contribution in [0.25, 0.3) is 0 Å². The topological polar surface area (TPSA) is 29.9 Å². The summed E-state index contributed by atoms with van der Waals surface area (Å²) >= 11 is 17.3. The molecule has 0 fully saturated rings. The van der Waals surface area contributed by atoms with Crippen molar-refractivity contribution in [3.63, 3.8) is 0 Å². The van der Waals surface area contributed by atoms with Crippen LogP contribution in [0.4, 0.5) is 5.69 Å². The van der Waals surface area contributed by atoms with E-state index in [1.165, 1.54) is 24.1 Å². The first kappa shape index (κ1) is 13.9. The van der Waals surface area contributed by atoms with Crippen molar-refractivity contribution in [2.75, 3.05) is 5.32 Å². The summed E-state index contributed by atoms with van der Waals surface area (Å²) in [5.74, 6) is 0. The van der Waals surface area contributed by atoms with Gasteiger partial charge in [-0.2, -0.15) is 5.10 Å². The van der Waals surface area contributed by atoms with E-state index in [0.717, 1.165) is 18.5 Å². The Balaban J connectivity index is 1.82. The number of benzene rings is 1. The molecule has 2 aromatic rings. The number of fused-ring (bicyclic) bond motifs is 1. The predicted molar refractivity (Wildman–Crippen MR) is 86.9 cm³/mol. The minimum atomic E-state index is 0.502. The summed E-state index contributed by atoms with van der Waals surface area (Å²) in [5, 5.41) is 9.13. The SMILES string of the molecule is S=C(Nc1ccc(Cl)c(Cl)c1)n1ncc2c1CCCC2. The molecule has 1 aromatic heterocycles. The highest BCUT2D eigenvalue weighted by molar-refractivity contribution is 7.80. The van der Waals surface area contributed by atoms with Crippen LogP contribution in [0.3, 0.4) is 0 Å². The van der Waals surface area contributed by atoms with Crippen LogP contribution in [0, 0.1) is 0 Å². The van der Waals surface area contributed by atoms with Gasteiger partial charge in [-0.05, 0) is 61.7 Å². The van der Waals surface area contributed by atoms with Gasteiger partial charge < -0.3 is 5.32 Å². The lowest BCUT2D eigenvalue weighted by molar-refractivity contribution is 0.662. The van der Waals surface area contributed by atoms with Crippen LogP contribution >= 0.6 is 35.4 Å². The van der Waals surface area contributed by atoms with Crippen molar-refractivity contribution in [2.45, 2.75) is 25.7 Å². The highest BCUT2D eigenvalue weighted by Gasteiger charge is 2.17. The van der Waals surface area contributed by atoms with Gasteiger partial charge in [0.15, 0.2) is 5.11 Å². The van der Waals surface area contributed by atoms with Gasteiger partial charge >= 0.3 is 0 Å². The highest BCUT2D eigenvalue weighted by Crippen LogP contribution is 2.25. The van der Waals surface area contributed by atoms with Crippen molar-refractivity contribution in [2.24, 2.45) is 0 Å². The van der Waals surface area contributed by atoms with Crippen LogP contribution in [-0.4, -0.2) is 14.9 Å². The van der Waals surface area contributed by atoms with Crippen molar-refractivity contribution >= 4 is 46.2 Å². The average molecular weight is 326 g/mol. The van der Waals surface area contributed by atoms with E-state index in [4.69, 9.17) is 35.4 Å². The summed E-state index contributed by atoms with van der Waals surface area (Å²) in [4.78, 5) is 0. The van der Waals surface area contributed by atoms with Gasteiger partial charge in [0.2, 0.25) is 0 Å². The molecule has 1 aliphatic carbocycles. The molecule has 3 nitrogen and oxygen atoms in total. The van der Waals surface area contributed by atoms with E-state index in [9.17, 15) is 0 Å². The van der Waals surface area contributed by atoms with Crippen molar-refractivity contribution in [3.05, 3.63) is 45.7 Å². The second kappa shape index (κ2) is 5.72. The van der Waals surface area contributed by atoms with Gasteiger partial charge in [-0.25, -0.2) is 4.68 Å². The maximum Gasteiger partial charge on any atom is 0.198 e. The van der Waals surface area contributed by atoms with E-state index in [-0.39, 0.29) is 0 Å². The molecule has 0 unspecified atom stereocenters. The minimum absolute atomic E-state index is 0.502. The Morgan fingerprint density at radius 3 is 2.80 bits per heavy atom. The first-order chi connectivity index (χ1) is 9.65.